The minimum absolute atomic E-state index is 0.0858. The average molecular weight is 617 g/mol. The highest BCUT2D eigenvalue weighted by Crippen LogP contribution is 2.67. The summed E-state index contributed by atoms with van der Waals surface area (Å²) in [7, 11) is -2.24. The molecule has 4 unspecified atom stereocenters. The fraction of sp³-hybridized carbons (Fsp3) is 0.778. The van der Waals surface area contributed by atoms with Crippen molar-refractivity contribution < 1.29 is 36.9 Å². The summed E-state index contributed by atoms with van der Waals surface area (Å²) in [5, 5.41) is 15.0. The molecule has 0 aromatic heterocycles. The van der Waals surface area contributed by atoms with Crippen LogP contribution in [0.1, 0.15) is 60.8 Å². The summed E-state index contributed by atoms with van der Waals surface area (Å²) in [6.07, 6.45) is -0.974. The lowest BCUT2D eigenvalue weighted by atomic mass is 9.99. The van der Waals surface area contributed by atoms with Gasteiger partial charge in [-0.05, 0) is 47.5 Å². The van der Waals surface area contributed by atoms with Crippen LogP contribution in [0.3, 0.4) is 0 Å². The van der Waals surface area contributed by atoms with Gasteiger partial charge >= 0.3 is 7.60 Å². The number of ether oxygens (including phenoxy) is 2. The zero-order valence-electron chi connectivity index (χ0n) is 25.4. The Kier molecular flexibility index (Phi) is 12.4. The number of hydrogen-bond donors (Lipinski definition) is 2. The fourth-order valence-electron chi connectivity index (χ4n) is 5.40. The van der Waals surface area contributed by atoms with Crippen LogP contribution in [0.2, 0.25) is 0 Å². The molecule has 0 radical (unpaired) electrons. The van der Waals surface area contributed by atoms with Crippen LogP contribution in [0.5, 0.6) is 0 Å². The molecule has 2 heterocycles. The first-order chi connectivity index (χ1) is 19.4. The van der Waals surface area contributed by atoms with Crippen molar-refractivity contribution in [3.8, 4) is 6.07 Å². The van der Waals surface area contributed by atoms with E-state index in [0.717, 1.165) is 6.42 Å². The number of hydrogen-bond acceptors (Lipinski definition) is 11. The summed E-state index contributed by atoms with van der Waals surface area (Å²) in [4.78, 5) is 12.7. The molecule has 41 heavy (non-hydrogen) atoms. The zero-order valence-corrected chi connectivity index (χ0v) is 27.2. The van der Waals surface area contributed by atoms with Crippen molar-refractivity contribution in [1.82, 2.24) is 15.3 Å². The van der Waals surface area contributed by atoms with Crippen molar-refractivity contribution in [2.24, 2.45) is 5.92 Å². The Morgan fingerprint density at radius 1 is 1.17 bits per heavy atom. The molecule has 1 saturated carbocycles. The molecule has 7 atom stereocenters. The molecule has 12 nitrogen and oxygen atoms in total. The summed E-state index contributed by atoms with van der Waals surface area (Å²) in [5.74, 6) is -0.134. The molecular formula is C27H46N4O8P2. The Labute approximate surface area is 245 Å². The maximum Gasteiger partial charge on any atom is 0.333 e. The Morgan fingerprint density at radius 2 is 1.83 bits per heavy atom. The molecular weight excluding hydrogens is 570 g/mol. The maximum atomic E-state index is 13.3. The normalized spacial score (nSPS) is 29.2. The van der Waals surface area contributed by atoms with E-state index in [1.807, 2.05) is 6.92 Å². The predicted molar refractivity (Wildman–Crippen MR) is 155 cm³/mol. The molecule has 0 aromatic rings. The van der Waals surface area contributed by atoms with Gasteiger partial charge in [-0.25, -0.2) is 4.67 Å². The van der Waals surface area contributed by atoms with Gasteiger partial charge in [0.15, 0.2) is 0 Å². The molecule has 2 aliphatic heterocycles. The Morgan fingerprint density at radius 3 is 2.39 bits per heavy atom. The van der Waals surface area contributed by atoms with Crippen LogP contribution >= 0.6 is 16.1 Å². The lowest BCUT2D eigenvalue weighted by Gasteiger charge is -2.38. The van der Waals surface area contributed by atoms with Gasteiger partial charge in [0.25, 0.3) is 14.4 Å². The van der Waals surface area contributed by atoms with E-state index in [1.54, 1.807) is 6.92 Å². The topological polar surface area (TPSA) is 141 Å². The van der Waals surface area contributed by atoms with E-state index in [0.29, 0.717) is 30.1 Å². The highest BCUT2D eigenvalue weighted by molar-refractivity contribution is 7.55. The largest absolute Gasteiger partial charge is 0.372 e. The van der Waals surface area contributed by atoms with Gasteiger partial charge in [-0.3, -0.25) is 9.36 Å². The minimum atomic E-state index is -3.36. The minimum Gasteiger partial charge on any atom is -0.372 e. The van der Waals surface area contributed by atoms with Crippen molar-refractivity contribution in [1.29, 1.82) is 5.26 Å². The van der Waals surface area contributed by atoms with E-state index in [4.69, 9.17) is 32.8 Å². The van der Waals surface area contributed by atoms with E-state index in [9.17, 15) is 9.36 Å². The monoisotopic (exact) mass is 616 g/mol. The molecule has 0 spiro atoms. The van der Waals surface area contributed by atoms with Crippen LogP contribution in [0.25, 0.3) is 0 Å². The molecule has 1 amide bonds. The molecule has 1 saturated heterocycles. The first-order valence-electron chi connectivity index (χ1n) is 14.1. The third-order valence-electron chi connectivity index (χ3n) is 7.36. The third-order valence-corrected chi connectivity index (χ3v) is 11.9. The van der Waals surface area contributed by atoms with Gasteiger partial charge in [-0.15, -0.1) is 0 Å². The van der Waals surface area contributed by atoms with E-state index in [-0.39, 0.29) is 42.6 Å². The lowest BCUT2D eigenvalue weighted by Crippen LogP contribution is -2.46. The molecule has 0 bridgehead atoms. The van der Waals surface area contributed by atoms with Gasteiger partial charge in [-0.1, -0.05) is 13.5 Å². The molecule has 232 valence electrons. The summed E-state index contributed by atoms with van der Waals surface area (Å²) in [6, 6.07) is 2.30. The van der Waals surface area contributed by atoms with E-state index >= 15 is 0 Å². The number of rotatable bonds is 16. The second-order valence-electron chi connectivity index (χ2n) is 10.9. The van der Waals surface area contributed by atoms with Crippen LogP contribution in [0, 0.1) is 17.2 Å². The van der Waals surface area contributed by atoms with Gasteiger partial charge in [0.1, 0.15) is 24.1 Å². The van der Waals surface area contributed by atoms with Crippen LogP contribution < -0.4 is 10.6 Å². The van der Waals surface area contributed by atoms with E-state index < -0.39 is 40.5 Å². The maximum absolute atomic E-state index is 13.3. The highest BCUT2D eigenvalue weighted by Gasteiger charge is 2.63. The fourth-order valence-corrected chi connectivity index (χ4v) is 8.99. The average Bonchev–Trinajstić information content (AvgIpc) is 3.65. The smallest absolute Gasteiger partial charge is 0.333 e. The van der Waals surface area contributed by atoms with E-state index in [2.05, 4.69) is 55.6 Å². The quantitative estimate of drug-likeness (QED) is 0.186. The molecule has 0 aromatic carbocycles. The van der Waals surface area contributed by atoms with Gasteiger partial charge in [0, 0.05) is 44.4 Å². The molecule has 3 aliphatic rings. The Bertz CT molecular complexity index is 1050. The number of nitrogens with zero attached hydrogens (tertiary/aromatic N) is 2. The number of nitriles is 1. The highest BCUT2D eigenvalue weighted by atomic mass is 31.2. The molecule has 2 fully saturated rings. The molecule has 2 N–H and O–H groups in total. The number of carbonyl (C=O) groups excluding carboxylic acids is 1. The second kappa shape index (κ2) is 14.9. The van der Waals surface area contributed by atoms with Gasteiger partial charge in [0.2, 0.25) is 0 Å². The SMILES string of the molecule is C=C1NC(=O)C(C)=C([C@@H]2O[C@H](C3CC3P(=O)(OC)OC)[C@H](OP(OCCC#N)N(C(C)C)C(C)C)C2OCCC)N1. The van der Waals surface area contributed by atoms with Crippen LogP contribution in [0.4, 0.5) is 0 Å². The zero-order chi connectivity index (χ0) is 30.5. The summed E-state index contributed by atoms with van der Waals surface area (Å²) in [6.45, 7) is 16.5. The summed E-state index contributed by atoms with van der Waals surface area (Å²) < 4.78 is 52.4. The van der Waals surface area contributed by atoms with Gasteiger partial charge < -0.3 is 38.2 Å². The van der Waals surface area contributed by atoms with Gasteiger partial charge in [0.05, 0.1) is 36.6 Å². The summed E-state index contributed by atoms with van der Waals surface area (Å²) >= 11 is 0. The standard InChI is InChI=1S/C27H46N4O8P2/c1-10-13-36-25-24(22-18(6)27(32)30-19(7)29-22)38-23(20-15-21(20)41(33,34-8)35-9)26(25)39-40(37-14-11-12-28)31(16(2)3)17(4)5/h16-17,20-21,23-26,29H,7,10-11,13-15H2,1-6,8-9H3,(H,30,32)/t20?,21?,23-,24+,25?,26+,40?/m1/s1. The van der Waals surface area contributed by atoms with Crippen molar-refractivity contribution in [3.05, 3.63) is 23.7 Å². The van der Waals surface area contributed by atoms with Crippen molar-refractivity contribution >= 4 is 22.0 Å². The Balaban J connectivity index is 2.06. The van der Waals surface area contributed by atoms with Crippen molar-refractivity contribution in [3.63, 3.8) is 0 Å². The number of nitrogens with one attached hydrogen (secondary N) is 2. The first kappa shape index (κ1) is 34.1. The van der Waals surface area contributed by atoms with Gasteiger partial charge in [-0.2, -0.15) is 5.26 Å². The predicted octanol–water partition coefficient (Wildman–Crippen LogP) is 4.55. The third kappa shape index (κ3) is 7.77. The molecule has 1 aliphatic carbocycles. The number of amides is 1. The van der Waals surface area contributed by atoms with Crippen molar-refractivity contribution in [2.45, 2.75) is 103 Å². The first-order valence-corrected chi connectivity index (χ1v) is 16.9. The molecule has 3 rings (SSSR count). The summed E-state index contributed by atoms with van der Waals surface area (Å²) in [5.41, 5.74) is 0.634. The second-order valence-corrected chi connectivity index (χ2v) is 14.8. The van der Waals surface area contributed by atoms with Crippen LogP contribution in [0.15, 0.2) is 23.7 Å². The van der Waals surface area contributed by atoms with Crippen LogP contribution in [-0.2, 0) is 36.9 Å². The van der Waals surface area contributed by atoms with E-state index in [1.165, 1.54) is 14.2 Å². The lowest BCUT2D eigenvalue weighted by molar-refractivity contribution is -0.117. The van der Waals surface area contributed by atoms with Crippen LogP contribution in [-0.4, -0.2) is 80.2 Å². The Hall–Kier alpha value is -1.38. The molecule has 14 heteroatoms. The number of carbonyl (C=O) groups is 1. The van der Waals surface area contributed by atoms with Crippen molar-refractivity contribution in [2.75, 3.05) is 27.4 Å².